The molecule has 2 nitrogen and oxygen atoms in total. The summed E-state index contributed by atoms with van der Waals surface area (Å²) >= 11 is 5.98. The van der Waals surface area contributed by atoms with Crippen LogP contribution >= 0.6 is 11.6 Å². The highest BCUT2D eigenvalue weighted by Crippen LogP contribution is 2.21. The third-order valence-corrected chi connectivity index (χ3v) is 3.86. The van der Waals surface area contributed by atoms with Gasteiger partial charge in [0, 0.05) is 6.54 Å². The molecule has 0 heterocycles. The molecule has 2 N–H and O–H groups in total. The minimum absolute atomic E-state index is 0.643. The number of rotatable bonds is 8. The fourth-order valence-corrected chi connectivity index (χ4v) is 2.22. The predicted molar refractivity (Wildman–Crippen MR) is 90.1 cm³/mol. The quantitative estimate of drug-likeness (QED) is 0.697. The molecule has 3 heteroatoms. The van der Waals surface area contributed by atoms with Crippen LogP contribution in [0.1, 0.15) is 46.1 Å². The minimum Gasteiger partial charge on any atom is -0.398 e. The van der Waals surface area contributed by atoms with Gasteiger partial charge in [-0.25, -0.2) is 0 Å². The summed E-state index contributed by atoms with van der Waals surface area (Å²) in [6, 6.07) is 5.98. The van der Waals surface area contributed by atoms with Crippen LogP contribution in [0.3, 0.4) is 0 Å². The Hall–Kier alpha value is -0.730. The van der Waals surface area contributed by atoms with E-state index in [9.17, 15) is 0 Å². The average Bonchev–Trinajstić information content (AvgIpc) is 2.36. The van der Waals surface area contributed by atoms with E-state index in [0.29, 0.717) is 10.7 Å². The van der Waals surface area contributed by atoms with Gasteiger partial charge in [0.2, 0.25) is 0 Å². The number of nitrogens with zero attached hydrogens (tertiary/aromatic N) is 1. The summed E-state index contributed by atoms with van der Waals surface area (Å²) in [5.74, 6) is 1.48. The molecule has 1 aromatic rings. The van der Waals surface area contributed by atoms with Gasteiger partial charge in [-0.2, -0.15) is 0 Å². The molecule has 0 spiro atoms. The first-order valence-electron chi connectivity index (χ1n) is 7.64. The first-order chi connectivity index (χ1) is 9.38. The molecular weight excluding hydrogens is 268 g/mol. The molecule has 0 unspecified atom stereocenters. The standard InChI is InChI=1S/C17H29ClN2/c1-13(2)7-9-20(10-8-14(3)4)12-15-5-6-16(18)17(19)11-15/h5-6,11,13-14H,7-10,12,19H2,1-4H3. The second-order valence-corrected chi connectivity index (χ2v) is 6.90. The number of hydrogen-bond acceptors (Lipinski definition) is 2. The van der Waals surface area contributed by atoms with Crippen LogP contribution in [0.4, 0.5) is 5.69 Å². The van der Waals surface area contributed by atoms with Crippen LogP contribution in [-0.4, -0.2) is 18.0 Å². The van der Waals surface area contributed by atoms with Gasteiger partial charge in [-0.05, 0) is 55.5 Å². The molecule has 114 valence electrons. The van der Waals surface area contributed by atoms with Gasteiger partial charge in [-0.1, -0.05) is 45.4 Å². The van der Waals surface area contributed by atoms with Crippen LogP contribution in [-0.2, 0) is 6.54 Å². The Balaban J connectivity index is 2.63. The van der Waals surface area contributed by atoms with Gasteiger partial charge in [0.15, 0.2) is 0 Å². The zero-order valence-electron chi connectivity index (χ0n) is 13.3. The van der Waals surface area contributed by atoms with Crippen molar-refractivity contribution < 1.29 is 0 Å². The summed E-state index contributed by atoms with van der Waals surface area (Å²) < 4.78 is 0. The fourth-order valence-electron chi connectivity index (χ4n) is 2.10. The van der Waals surface area contributed by atoms with Crippen molar-refractivity contribution in [2.45, 2.75) is 47.1 Å². The highest BCUT2D eigenvalue weighted by atomic mass is 35.5. The van der Waals surface area contributed by atoms with Crippen LogP contribution < -0.4 is 5.73 Å². The van der Waals surface area contributed by atoms with Crippen molar-refractivity contribution in [2.75, 3.05) is 18.8 Å². The van der Waals surface area contributed by atoms with Crippen molar-refractivity contribution in [3.63, 3.8) is 0 Å². The smallest absolute Gasteiger partial charge is 0.0635 e. The van der Waals surface area contributed by atoms with Crippen LogP contribution in [0, 0.1) is 11.8 Å². The number of nitrogen functional groups attached to an aromatic ring is 1. The number of halogens is 1. The maximum absolute atomic E-state index is 5.98. The van der Waals surface area contributed by atoms with Gasteiger partial charge in [-0.15, -0.1) is 0 Å². The topological polar surface area (TPSA) is 29.3 Å². The van der Waals surface area contributed by atoms with Gasteiger partial charge in [-0.3, -0.25) is 4.90 Å². The van der Waals surface area contributed by atoms with Crippen molar-refractivity contribution in [2.24, 2.45) is 11.8 Å². The summed E-state index contributed by atoms with van der Waals surface area (Å²) in [6.45, 7) is 12.4. The Morgan fingerprint density at radius 3 is 2.05 bits per heavy atom. The van der Waals surface area contributed by atoms with Crippen molar-refractivity contribution in [3.8, 4) is 0 Å². The molecule has 0 aromatic heterocycles. The Kier molecular flexibility index (Phi) is 7.39. The molecule has 20 heavy (non-hydrogen) atoms. The number of hydrogen-bond donors (Lipinski definition) is 1. The SMILES string of the molecule is CC(C)CCN(CCC(C)C)Cc1ccc(Cl)c(N)c1. The lowest BCUT2D eigenvalue weighted by molar-refractivity contribution is 0.236. The van der Waals surface area contributed by atoms with Gasteiger partial charge in [0.25, 0.3) is 0 Å². The van der Waals surface area contributed by atoms with E-state index in [0.717, 1.165) is 31.5 Å². The van der Waals surface area contributed by atoms with E-state index in [4.69, 9.17) is 17.3 Å². The van der Waals surface area contributed by atoms with Crippen LogP contribution in [0.25, 0.3) is 0 Å². The Morgan fingerprint density at radius 2 is 1.60 bits per heavy atom. The second kappa shape index (κ2) is 8.53. The largest absolute Gasteiger partial charge is 0.398 e. The van der Waals surface area contributed by atoms with Crippen molar-refractivity contribution >= 4 is 17.3 Å². The molecule has 1 aromatic carbocycles. The molecule has 0 aliphatic rings. The highest BCUT2D eigenvalue weighted by molar-refractivity contribution is 6.33. The van der Waals surface area contributed by atoms with Crippen molar-refractivity contribution in [1.29, 1.82) is 0 Å². The normalized spacial score (nSPS) is 11.8. The Morgan fingerprint density at radius 1 is 1.05 bits per heavy atom. The molecule has 0 radical (unpaired) electrons. The molecule has 0 aliphatic carbocycles. The fraction of sp³-hybridized carbons (Fsp3) is 0.647. The molecule has 1 rings (SSSR count). The molecule has 0 amide bonds. The summed E-state index contributed by atoms with van der Waals surface area (Å²) in [5, 5.41) is 0.643. The average molecular weight is 297 g/mol. The monoisotopic (exact) mass is 296 g/mol. The third-order valence-electron chi connectivity index (χ3n) is 3.51. The molecule has 0 atom stereocenters. The molecule has 0 saturated heterocycles. The summed E-state index contributed by atoms with van der Waals surface area (Å²) in [7, 11) is 0. The second-order valence-electron chi connectivity index (χ2n) is 6.50. The maximum atomic E-state index is 5.98. The number of benzene rings is 1. The van der Waals surface area contributed by atoms with Gasteiger partial charge in [0.05, 0.1) is 10.7 Å². The van der Waals surface area contributed by atoms with Gasteiger partial charge >= 0.3 is 0 Å². The van der Waals surface area contributed by atoms with Crippen LogP contribution in [0.15, 0.2) is 18.2 Å². The molecule has 0 saturated carbocycles. The molecular formula is C17H29ClN2. The zero-order valence-corrected chi connectivity index (χ0v) is 14.1. The van der Waals surface area contributed by atoms with Crippen LogP contribution in [0.2, 0.25) is 5.02 Å². The van der Waals surface area contributed by atoms with E-state index < -0.39 is 0 Å². The minimum atomic E-state index is 0.643. The molecule has 0 fully saturated rings. The lowest BCUT2D eigenvalue weighted by atomic mass is 10.1. The van der Waals surface area contributed by atoms with Crippen molar-refractivity contribution in [3.05, 3.63) is 28.8 Å². The molecule has 0 aliphatic heterocycles. The van der Waals surface area contributed by atoms with Crippen molar-refractivity contribution in [1.82, 2.24) is 4.90 Å². The lowest BCUT2D eigenvalue weighted by Crippen LogP contribution is -2.27. The van der Waals surface area contributed by atoms with E-state index in [1.54, 1.807) is 0 Å². The van der Waals surface area contributed by atoms with E-state index in [1.807, 2.05) is 12.1 Å². The Bertz CT molecular complexity index is 390. The first-order valence-corrected chi connectivity index (χ1v) is 8.02. The lowest BCUT2D eigenvalue weighted by Gasteiger charge is -2.24. The predicted octanol–water partition coefficient (Wildman–Crippen LogP) is 4.82. The third kappa shape index (κ3) is 6.62. The number of anilines is 1. The highest BCUT2D eigenvalue weighted by Gasteiger charge is 2.09. The van der Waals surface area contributed by atoms with E-state index in [-0.39, 0.29) is 0 Å². The van der Waals surface area contributed by atoms with E-state index >= 15 is 0 Å². The summed E-state index contributed by atoms with van der Waals surface area (Å²) in [5.41, 5.74) is 7.82. The zero-order chi connectivity index (χ0) is 15.1. The summed E-state index contributed by atoms with van der Waals surface area (Å²) in [6.07, 6.45) is 2.47. The van der Waals surface area contributed by atoms with E-state index in [1.165, 1.54) is 18.4 Å². The van der Waals surface area contributed by atoms with E-state index in [2.05, 4.69) is 38.7 Å². The van der Waals surface area contributed by atoms with Gasteiger partial charge in [0.1, 0.15) is 0 Å². The van der Waals surface area contributed by atoms with Gasteiger partial charge < -0.3 is 5.73 Å². The number of nitrogens with two attached hydrogens (primary N) is 1. The molecule has 0 bridgehead atoms. The van der Waals surface area contributed by atoms with Crippen LogP contribution in [0.5, 0.6) is 0 Å². The Labute approximate surface area is 129 Å². The summed E-state index contributed by atoms with van der Waals surface area (Å²) in [4.78, 5) is 2.53. The maximum Gasteiger partial charge on any atom is 0.0635 e. The first kappa shape index (κ1) is 17.3.